The molecular formula is C19H17F3N4O2. The molecule has 2 aromatic heterocycles. The van der Waals surface area contributed by atoms with Crippen molar-refractivity contribution in [2.45, 2.75) is 26.1 Å². The van der Waals surface area contributed by atoms with Crippen molar-refractivity contribution in [3.8, 4) is 0 Å². The van der Waals surface area contributed by atoms with E-state index in [0.717, 1.165) is 24.3 Å². The van der Waals surface area contributed by atoms with Crippen LogP contribution in [0.3, 0.4) is 0 Å². The number of aromatic nitrogens is 2. The molecule has 0 atom stereocenters. The Kier molecular flexibility index (Phi) is 5.08. The Morgan fingerprint density at radius 3 is 2.32 bits per heavy atom. The van der Waals surface area contributed by atoms with E-state index >= 15 is 0 Å². The lowest BCUT2D eigenvalue weighted by Gasteiger charge is -2.10. The number of amides is 2. The molecule has 3 rings (SSSR count). The highest BCUT2D eigenvalue weighted by Gasteiger charge is 2.30. The van der Waals surface area contributed by atoms with Crippen molar-refractivity contribution in [2.75, 3.05) is 5.32 Å². The van der Waals surface area contributed by atoms with Gasteiger partial charge in [-0.25, -0.2) is 4.98 Å². The summed E-state index contributed by atoms with van der Waals surface area (Å²) >= 11 is 0. The number of alkyl halides is 3. The first kappa shape index (κ1) is 19.4. The molecule has 2 N–H and O–H groups in total. The monoisotopic (exact) mass is 390 g/mol. The van der Waals surface area contributed by atoms with Gasteiger partial charge in [0.25, 0.3) is 11.8 Å². The lowest BCUT2D eigenvalue weighted by atomic mass is 10.1. The molecule has 146 valence electrons. The summed E-state index contributed by atoms with van der Waals surface area (Å²) in [6.07, 6.45) is -2.86. The van der Waals surface area contributed by atoms with Crippen molar-refractivity contribution in [3.63, 3.8) is 0 Å². The number of fused-ring (bicyclic) bond motifs is 1. The number of rotatable bonds is 4. The Morgan fingerprint density at radius 2 is 1.71 bits per heavy atom. The Balaban J connectivity index is 1.93. The molecule has 0 spiro atoms. The molecule has 2 amide bonds. The van der Waals surface area contributed by atoms with Crippen molar-refractivity contribution >= 4 is 23.3 Å². The largest absolute Gasteiger partial charge is 0.416 e. The molecule has 0 fully saturated rings. The molecule has 0 saturated heterocycles. The third kappa shape index (κ3) is 3.98. The van der Waals surface area contributed by atoms with E-state index < -0.39 is 23.6 Å². The van der Waals surface area contributed by atoms with Crippen molar-refractivity contribution < 1.29 is 22.8 Å². The predicted octanol–water partition coefficient (Wildman–Crippen LogP) is 3.74. The maximum Gasteiger partial charge on any atom is 0.416 e. The molecule has 3 aromatic rings. The first-order valence-electron chi connectivity index (χ1n) is 8.43. The maximum atomic E-state index is 12.7. The fraction of sp³-hybridized carbons (Fsp3) is 0.211. The highest BCUT2D eigenvalue weighted by Crippen LogP contribution is 2.29. The molecule has 2 heterocycles. The third-order valence-corrected chi connectivity index (χ3v) is 3.87. The van der Waals surface area contributed by atoms with Crippen molar-refractivity contribution in [1.82, 2.24) is 14.7 Å². The van der Waals surface area contributed by atoms with Gasteiger partial charge in [-0.2, -0.15) is 13.2 Å². The van der Waals surface area contributed by atoms with E-state index in [9.17, 15) is 22.8 Å². The molecule has 1 aromatic carbocycles. The van der Waals surface area contributed by atoms with Gasteiger partial charge in [0.15, 0.2) is 11.5 Å². The lowest BCUT2D eigenvalue weighted by molar-refractivity contribution is -0.137. The fourth-order valence-electron chi connectivity index (χ4n) is 2.62. The van der Waals surface area contributed by atoms with Gasteiger partial charge >= 0.3 is 6.18 Å². The summed E-state index contributed by atoms with van der Waals surface area (Å²) in [7, 11) is 0. The summed E-state index contributed by atoms with van der Waals surface area (Å²) in [5.41, 5.74) is -0.266. The second-order valence-electron chi connectivity index (χ2n) is 6.40. The van der Waals surface area contributed by atoms with E-state index in [1.54, 1.807) is 38.2 Å². The minimum atomic E-state index is -4.49. The number of benzene rings is 1. The summed E-state index contributed by atoms with van der Waals surface area (Å²) < 4.78 is 39.5. The summed E-state index contributed by atoms with van der Waals surface area (Å²) in [4.78, 5) is 29.3. The SMILES string of the molecule is CC(C)NC(=O)c1c(NC(=O)c2ccc(C(F)(F)F)cc2)nc2ccccn12. The molecule has 0 saturated carbocycles. The Labute approximate surface area is 158 Å². The molecular weight excluding hydrogens is 373 g/mol. The standard InChI is InChI=1S/C19H17F3N4O2/c1-11(2)23-18(28)15-16(24-14-5-3-4-10-26(14)15)25-17(27)12-6-8-13(9-7-12)19(20,21)22/h3-11H,1-2H3,(H,23,28)(H,25,27). The summed E-state index contributed by atoms with van der Waals surface area (Å²) in [6.45, 7) is 3.59. The van der Waals surface area contributed by atoms with E-state index in [2.05, 4.69) is 15.6 Å². The number of hydrogen-bond donors (Lipinski definition) is 2. The quantitative estimate of drug-likeness (QED) is 0.713. The number of carbonyl (C=O) groups is 2. The third-order valence-electron chi connectivity index (χ3n) is 3.87. The van der Waals surface area contributed by atoms with Gasteiger partial charge in [0, 0.05) is 17.8 Å². The highest BCUT2D eigenvalue weighted by atomic mass is 19.4. The Bertz CT molecular complexity index is 1020. The number of hydrogen-bond acceptors (Lipinski definition) is 3. The van der Waals surface area contributed by atoms with Crippen LogP contribution in [0.2, 0.25) is 0 Å². The van der Waals surface area contributed by atoms with Crippen LogP contribution >= 0.6 is 0 Å². The van der Waals surface area contributed by atoms with Gasteiger partial charge in [0.2, 0.25) is 0 Å². The smallest absolute Gasteiger partial charge is 0.348 e. The molecule has 0 aliphatic heterocycles. The van der Waals surface area contributed by atoms with Gasteiger partial charge in [-0.15, -0.1) is 0 Å². The van der Waals surface area contributed by atoms with Crippen molar-refractivity contribution in [3.05, 3.63) is 65.5 Å². The number of carbonyl (C=O) groups excluding carboxylic acids is 2. The van der Waals surface area contributed by atoms with Crippen LogP contribution in [0.15, 0.2) is 48.7 Å². The van der Waals surface area contributed by atoms with Gasteiger partial charge in [0.05, 0.1) is 5.56 Å². The molecule has 0 bridgehead atoms. The average molecular weight is 390 g/mol. The van der Waals surface area contributed by atoms with Crippen LogP contribution in [0.25, 0.3) is 5.65 Å². The zero-order chi connectivity index (χ0) is 20.5. The van der Waals surface area contributed by atoms with E-state index in [1.807, 2.05) is 0 Å². The van der Waals surface area contributed by atoms with Crippen molar-refractivity contribution in [2.24, 2.45) is 0 Å². The van der Waals surface area contributed by atoms with Crippen LogP contribution in [-0.2, 0) is 6.18 Å². The highest BCUT2D eigenvalue weighted by molar-refractivity contribution is 6.08. The zero-order valence-electron chi connectivity index (χ0n) is 15.0. The molecule has 0 aliphatic carbocycles. The lowest BCUT2D eigenvalue weighted by Crippen LogP contribution is -2.32. The summed E-state index contributed by atoms with van der Waals surface area (Å²) in [5, 5.41) is 5.25. The van der Waals surface area contributed by atoms with Crippen LogP contribution in [0, 0.1) is 0 Å². The number of halogens is 3. The first-order valence-corrected chi connectivity index (χ1v) is 8.43. The van der Waals surface area contributed by atoms with E-state index in [0.29, 0.717) is 5.65 Å². The average Bonchev–Trinajstić information content (AvgIpc) is 2.98. The molecule has 0 radical (unpaired) electrons. The molecule has 0 unspecified atom stereocenters. The second-order valence-corrected chi connectivity index (χ2v) is 6.40. The molecule has 28 heavy (non-hydrogen) atoms. The van der Waals surface area contributed by atoms with Crippen molar-refractivity contribution in [1.29, 1.82) is 0 Å². The Morgan fingerprint density at radius 1 is 1.04 bits per heavy atom. The fourth-order valence-corrected chi connectivity index (χ4v) is 2.62. The molecule has 0 aliphatic rings. The number of pyridine rings is 1. The predicted molar refractivity (Wildman–Crippen MR) is 97.2 cm³/mol. The van der Waals surface area contributed by atoms with Crippen LogP contribution in [0.4, 0.5) is 19.0 Å². The maximum absolute atomic E-state index is 12.7. The zero-order valence-corrected chi connectivity index (χ0v) is 15.0. The van der Waals surface area contributed by atoms with Crippen LogP contribution in [0.1, 0.15) is 40.3 Å². The Hall–Kier alpha value is -3.36. The number of imidazole rings is 1. The van der Waals surface area contributed by atoms with Gasteiger partial charge in [-0.3, -0.25) is 14.0 Å². The minimum absolute atomic E-state index is 0.0141. The summed E-state index contributed by atoms with van der Waals surface area (Å²) in [6, 6.07) is 8.76. The summed E-state index contributed by atoms with van der Waals surface area (Å²) in [5.74, 6) is -1.08. The van der Waals surface area contributed by atoms with E-state index in [-0.39, 0.29) is 23.1 Å². The first-order chi connectivity index (χ1) is 13.2. The van der Waals surface area contributed by atoms with Gasteiger partial charge < -0.3 is 10.6 Å². The van der Waals surface area contributed by atoms with Gasteiger partial charge in [-0.05, 0) is 50.2 Å². The molecule has 6 nitrogen and oxygen atoms in total. The second kappa shape index (κ2) is 7.34. The number of nitrogens with one attached hydrogen (secondary N) is 2. The van der Waals surface area contributed by atoms with Gasteiger partial charge in [-0.1, -0.05) is 6.07 Å². The van der Waals surface area contributed by atoms with Crippen LogP contribution in [0.5, 0.6) is 0 Å². The van der Waals surface area contributed by atoms with Crippen LogP contribution < -0.4 is 10.6 Å². The molecule has 9 heteroatoms. The number of nitrogens with zero attached hydrogens (tertiary/aromatic N) is 2. The topological polar surface area (TPSA) is 75.5 Å². The van der Waals surface area contributed by atoms with E-state index in [1.165, 1.54) is 4.40 Å². The normalized spacial score (nSPS) is 11.6. The number of anilines is 1. The van der Waals surface area contributed by atoms with Crippen LogP contribution in [-0.4, -0.2) is 27.2 Å². The van der Waals surface area contributed by atoms with E-state index in [4.69, 9.17) is 0 Å². The van der Waals surface area contributed by atoms with Gasteiger partial charge in [0.1, 0.15) is 5.65 Å². The minimum Gasteiger partial charge on any atom is -0.348 e.